The number of carbonyl (C=O) groups is 1. The standard InChI is InChI=1S/C9H15NO2/c1-10-7-4-2-3-5-8(7)12-6-9(10)11/h7-8H,2-6H2,1H3/t7-,8-/m0/s1. The Bertz CT molecular complexity index is 193. The first-order chi connectivity index (χ1) is 5.79. The van der Waals surface area contributed by atoms with E-state index in [2.05, 4.69) is 0 Å². The average molecular weight is 169 g/mol. The Hall–Kier alpha value is -0.570. The molecule has 0 N–H and O–H groups in total. The highest BCUT2D eigenvalue weighted by Crippen LogP contribution is 2.27. The quantitative estimate of drug-likeness (QED) is 0.536. The van der Waals surface area contributed by atoms with Crippen LogP contribution in [0.3, 0.4) is 0 Å². The summed E-state index contributed by atoms with van der Waals surface area (Å²) in [6.45, 7) is 0.289. The lowest BCUT2D eigenvalue weighted by molar-refractivity contribution is -0.157. The molecule has 0 aromatic carbocycles. The van der Waals surface area contributed by atoms with Crippen molar-refractivity contribution in [2.45, 2.75) is 37.8 Å². The zero-order chi connectivity index (χ0) is 8.55. The van der Waals surface area contributed by atoms with Crippen LogP contribution in [0, 0.1) is 0 Å². The molecule has 1 amide bonds. The van der Waals surface area contributed by atoms with Crippen molar-refractivity contribution in [2.24, 2.45) is 0 Å². The Labute approximate surface area is 72.7 Å². The van der Waals surface area contributed by atoms with Gasteiger partial charge in [0.1, 0.15) is 6.61 Å². The van der Waals surface area contributed by atoms with Gasteiger partial charge in [-0.3, -0.25) is 4.79 Å². The van der Waals surface area contributed by atoms with E-state index in [1.807, 2.05) is 11.9 Å². The second kappa shape index (κ2) is 3.05. The Morgan fingerprint density at radius 1 is 1.42 bits per heavy atom. The van der Waals surface area contributed by atoms with Gasteiger partial charge in [-0.2, -0.15) is 0 Å². The SMILES string of the molecule is CN1C(=O)CO[C@H]2CCCC[C@@H]21. The van der Waals surface area contributed by atoms with Crippen molar-refractivity contribution in [1.29, 1.82) is 0 Å². The molecule has 1 saturated heterocycles. The van der Waals surface area contributed by atoms with Gasteiger partial charge < -0.3 is 9.64 Å². The molecule has 2 rings (SSSR count). The molecule has 1 aliphatic heterocycles. The summed E-state index contributed by atoms with van der Waals surface area (Å²) < 4.78 is 5.47. The summed E-state index contributed by atoms with van der Waals surface area (Å²) in [4.78, 5) is 13.1. The maximum Gasteiger partial charge on any atom is 0.248 e. The number of hydrogen-bond acceptors (Lipinski definition) is 2. The lowest BCUT2D eigenvalue weighted by Crippen LogP contribution is -2.53. The van der Waals surface area contributed by atoms with Crippen LogP contribution in [-0.2, 0) is 9.53 Å². The predicted octanol–water partition coefficient (Wildman–Crippen LogP) is 0.786. The Balaban J connectivity index is 2.08. The molecule has 0 aromatic heterocycles. The van der Waals surface area contributed by atoms with Crippen LogP contribution >= 0.6 is 0 Å². The van der Waals surface area contributed by atoms with Crippen LogP contribution in [0.4, 0.5) is 0 Å². The summed E-state index contributed by atoms with van der Waals surface area (Å²) >= 11 is 0. The molecule has 0 radical (unpaired) electrons. The Kier molecular flexibility index (Phi) is 2.05. The number of amides is 1. The van der Waals surface area contributed by atoms with Crippen LogP contribution in [0.2, 0.25) is 0 Å². The predicted molar refractivity (Wildman–Crippen MR) is 44.8 cm³/mol. The Morgan fingerprint density at radius 3 is 3.00 bits per heavy atom. The fraction of sp³-hybridized carbons (Fsp3) is 0.889. The van der Waals surface area contributed by atoms with E-state index < -0.39 is 0 Å². The number of nitrogens with zero attached hydrogens (tertiary/aromatic N) is 1. The van der Waals surface area contributed by atoms with E-state index in [0.717, 1.165) is 12.8 Å². The van der Waals surface area contributed by atoms with Gasteiger partial charge in [-0.15, -0.1) is 0 Å². The van der Waals surface area contributed by atoms with Gasteiger partial charge >= 0.3 is 0 Å². The van der Waals surface area contributed by atoms with Gasteiger partial charge in [0, 0.05) is 7.05 Å². The van der Waals surface area contributed by atoms with Gasteiger partial charge in [0.25, 0.3) is 0 Å². The second-order valence-corrected chi connectivity index (χ2v) is 3.71. The van der Waals surface area contributed by atoms with Crippen molar-refractivity contribution in [3.63, 3.8) is 0 Å². The third kappa shape index (κ3) is 1.22. The van der Waals surface area contributed by atoms with Crippen LogP contribution in [0.25, 0.3) is 0 Å². The van der Waals surface area contributed by atoms with E-state index in [4.69, 9.17) is 4.74 Å². The van der Waals surface area contributed by atoms with Crippen molar-refractivity contribution in [3.05, 3.63) is 0 Å². The average Bonchev–Trinajstić information content (AvgIpc) is 2.12. The highest BCUT2D eigenvalue weighted by Gasteiger charge is 2.35. The number of ether oxygens (including phenoxy) is 1. The van der Waals surface area contributed by atoms with Crippen molar-refractivity contribution in [1.82, 2.24) is 4.90 Å². The van der Waals surface area contributed by atoms with Crippen molar-refractivity contribution in [3.8, 4) is 0 Å². The first-order valence-electron chi connectivity index (χ1n) is 4.66. The van der Waals surface area contributed by atoms with Gasteiger partial charge in [-0.25, -0.2) is 0 Å². The molecular formula is C9H15NO2. The molecule has 1 heterocycles. The molecule has 2 atom stereocenters. The summed E-state index contributed by atoms with van der Waals surface area (Å²) in [6.07, 6.45) is 5.06. The Morgan fingerprint density at radius 2 is 2.17 bits per heavy atom. The fourth-order valence-corrected chi connectivity index (χ4v) is 2.18. The zero-order valence-electron chi connectivity index (χ0n) is 7.45. The third-order valence-electron chi connectivity index (χ3n) is 2.98. The summed E-state index contributed by atoms with van der Waals surface area (Å²) in [5.74, 6) is 0.137. The van der Waals surface area contributed by atoms with Crippen LogP contribution < -0.4 is 0 Å². The van der Waals surface area contributed by atoms with Crippen LogP contribution in [0.5, 0.6) is 0 Å². The minimum absolute atomic E-state index is 0.137. The number of fused-ring (bicyclic) bond motifs is 1. The highest BCUT2D eigenvalue weighted by atomic mass is 16.5. The molecule has 0 unspecified atom stereocenters. The molecule has 12 heavy (non-hydrogen) atoms. The number of hydrogen-bond donors (Lipinski definition) is 0. The zero-order valence-corrected chi connectivity index (χ0v) is 7.45. The number of likely N-dealkylation sites (N-methyl/N-ethyl adjacent to an activating group) is 1. The number of rotatable bonds is 0. The summed E-state index contributed by atoms with van der Waals surface area (Å²) in [6, 6.07) is 0.361. The van der Waals surface area contributed by atoms with Crippen molar-refractivity contribution >= 4 is 5.91 Å². The molecule has 3 nitrogen and oxygen atoms in total. The van der Waals surface area contributed by atoms with E-state index in [1.54, 1.807) is 0 Å². The first kappa shape index (κ1) is 8.05. The van der Waals surface area contributed by atoms with Gasteiger partial charge in [0.05, 0.1) is 12.1 Å². The molecular weight excluding hydrogens is 154 g/mol. The van der Waals surface area contributed by atoms with E-state index in [0.29, 0.717) is 12.1 Å². The van der Waals surface area contributed by atoms with Crippen LogP contribution in [-0.4, -0.2) is 36.6 Å². The number of carbonyl (C=O) groups excluding carboxylic acids is 1. The van der Waals surface area contributed by atoms with Crippen molar-refractivity contribution in [2.75, 3.05) is 13.7 Å². The van der Waals surface area contributed by atoms with Gasteiger partial charge in [-0.05, 0) is 12.8 Å². The largest absolute Gasteiger partial charge is 0.366 e. The monoisotopic (exact) mass is 169 g/mol. The molecule has 68 valence electrons. The molecule has 2 aliphatic rings. The molecule has 2 fully saturated rings. The summed E-state index contributed by atoms with van der Waals surface area (Å²) in [7, 11) is 1.90. The molecule has 0 bridgehead atoms. The molecule has 1 saturated carbocycles. The minimum atomic E-state index is 0.137. The van der Waals surface area contributed by atoms with E-state index in [-0.39, 0.29) is 12.5 Å². The second-order valence-electron chi connectivity index (χ2n) is 3.71. The number of morpholine rings is 1. The summed E-state index contributed by atoms with van der Waals surface area (Å²) in [5.41, 5.74) is 0. The molecule has 0 spiro atoms. The molecule has 1 aliphatic carbocycles. The maximum atomic E-state index is 11.2. The van der Waals surface area contributed by atoms with Crippen LogP contribution in [0.1, 0.15) is 25.7 Å². The summed E-state index contributed by atoms with van der Waals surface area (Å²) in [5, 5.41) is 0. The van der Waals surface area contributed by atoms with Gasteiger partial charge in [0.15, 0.2) is 0 Å². The molecule has 3 heteroatoms. The normalized spacial score (nSPS) is 36.4. The van der Waals surface area contributed by atoms with Gasteiger partial charge in [0.2, 0.25) is 5.91 Å². The fourth-order valence-electron chi connectivity index (χ4n) is 2.18. The highest BCUT2D eigenvalue weighted by molar-refractivity contribution is 5.78. The maximum absolute atomic E-state index is 11.2. The lowest BCUT2D eigenvalue weighted by Gasteiger charge is -2.41. The molecule has 0 aromatic rings. The van der Waals surface area contributed by atoms with E-state index in [1.165, 1.54) is 12.8 Å². The van der Waals surface area contributed by atoms with Crippen LogP contribution in [0.15, 0.2) is 0 Å². The topological polar surface area (TPSA) is 29.5 Å². The van der Waals surface area contributed by atoms with Gasteiger partial charge in [-0.1, -0.05) is 12.8 Å². The van der Waals surface area contributed by atoms with E-state index >= 15 is 0 Å². The van der Waals surface area contributed by atoms with Crippen molar-refractivity contribution < 1.29 is 9.53 Å². The first-order valence-corrected chi connectivity index (χ1v) is 4.66. The third-order valence-corrected chi connectivity index (χ3v) is 2.98. The lowest BCUT2D eigenvalue weighted by atomic mass is 9.90. The minimum Gasteiger partial charge on any atom is -0.366 e. The smallest absolute Gasteiger partial charge is 0.248 e. The van der Waals surface area contributed by atoms with E-state index in [9.17, 15) is 4.79 Å².